The van der Waals surface area contributed by atoms with Crippen LogP contribution in [0.3, 0.4) is 0 Å². The predicted octanol–water partition coefficient (Wildman–Crippen LogP) is 2.33. The molecule has 1 aliphatic rings. The molecular weight excluding hydrogens is 242 g/mol. The van der Waals surface area contributed by atoms with Crippen LogP contribution in [0.1, 0.15) is 38.4 Å². The molecule has 0 saturated heterocycles. The van der Waals surface area contributed by atoms with E-state index >= 15 is 0 Å². The Labute approximate surface area is 111 Å². The molecule has 5 heteroatoms. The molecule has 0 amide bonds. The van der Waals surface area contributed by atoms with Gasteiger partial charge >= 0.3 is 5.97 Å². The standard InChI is InChI=1S/C14H17N3O2/c1-2-19-13(18)14(7-3-4-8-14)12-16-10-6-5-9-15-11(10)17-12/h5-6,9H,2-4,7-8H2,1H3,(H,15,16,17). The third-order valence-electron chi connectivity index (χ3n) is 3.83. The van der Waals surface area contributed by atoms with Crippen LogP contribution in [-0.2, 0) is 14.9 Å². The second-order valence-electron chi connectivity index (χ2n) is 4.97. The van der Waals surface area contributed by atoms with Gasteiger partial charge < -0.3 is 9.72 Å². The predicted molar refractivity (Wildman–Crippen MR) is 70.7 cm³/mol. The minimum Gasteiger partial charge on any atom is -0.465 e. The van der Waals surface area contributed by atoms with E-state index < -0.39 is 5.41 Å². The number of esters is 1. The minimum atomic E-state index is -0.600. The number of fused-ring (bicyclic) bond motifs is 1. The lowest BCUT2D eigenvalue weighted by Gasteiger charge is -2.23. The van der Waals surface area contributed by atoms with Gasteiger partial charge in [-0.15, -0.1) is 0 Å². The number of rotatable bonds is 3. The van der Waals surface area contributed by atoms with Gasteiger partial charge in [-0.3, -0.25) is 4.79 Å². The summed E-state index contributed by atoms with van der Waals surface area (Å²) in [5, 5.41) is 0. The SMILES string of the molecule is CCOC(=O)C1(c2nc3ncccc3[nH]2)CCCC1. The zero-order chi connectivity index (χ0) is 13.3. The summed E-state index contributed by atoms with van der Waals surface area (Å²) in [6.45, 7) is 2.24. The maximum Gasteiger partial charge on any atom is 0.319 e. The van der Waals surface area contributed by atoms with E-state index in [2.05, 4.69) is 15.0 Å². The van der Waals surface area contributed by atoms with Gasteiger partial charge in [0.2, 0.25) is 0 Å². The molecule has 2 aromatic heterocycles. The third-order valence-corrected chi connectivity index (χ3v) is 3.83. The molecule has 2 aromatic rings. The van der Waals surface area contributed by atoms with Gasteiger partial charge in [-0.25, -0.2) is 9.97 Å². The van der Waals surface area contributed by atoms with Crippen molar-refractivity contribution in [3.8, 4) is 0 Å². The number of carbonyl (C=O) groups excluding carboxylic acids is 1. The van der Waals surface area contributed by atoms with E-state index in [1.165, 1.54) is 0 Å². The molecule has 0 atom stereocenters. The molecular formula is C14H17N3O2. The molecule has 0 bridgehead atoms. The number of nitrogens with zero attached hydrogens (tertiary/aromatic N) is 2. The van der Waals surface area contributed by atoms with E-state index in [1.807, 2.05) is 19.1 Å². The lowest BCUT2D eigenvalue weighted by Crippen LogP contribution is -2.35. The van der Waals surface area contributed by atoms with Gasteiger partial charge in [0.1, 0.15) is 11.2 Å². The highest BCUT2D eigenvalue weighted by atomic mass is 16.5. The molecule has 0 radical (unpaired) electrons. The minimum absolute atomic E-state index is 0.161. The summed E-state index contributed by atoms with van der Waals surface area (Å²) >= 11 is 0. The smallest absolute Gasteiger partial charge is 0.319 e. The molecule has 3 rings (SSSR count). The van der Waals surface area contributed by atoms with Gasteiger partial charge in [0.15, 0.2) is 5.65 Å². The van der Waals surface area contributed by atoms with Crippen molar-refractivity contribution < 1.29 is 9.53 Å². The van der Waals surface area contributed by atoms with Gasteiger partial charge in [-0.1, -0.05) is 12.8 Å². The Morgan fingerprint density at radius 1 is 1.47 bits per heavy atom. The second kappa shape index (κ2) is 4.64. The summed E-state index contributed by atoms with van der Waals surface area (Å²) < 4.78 is 5.26. The second-order valence-corrected chi connectivity index (χ2v) is 4.97. The van der Waals surface area contributed by atoms with Gasteiger partial charge in [0, 0.05) is 6.20 Å². The van der Waals surface area contributed by atoms with Crippen LogP contribution in [0, 0.1) is 0 Å². The van der Waals surface area contributed by atoms with E-state index in [-0.39, 0.29) is 5.97 Å². The monoisotopic (exact) mass is 259 g/mol. The molecule has 0 aromatic carbocycles. The van der Waals surface area contributed by atoms with Gasteiger partial charge in [-0.05, 0) is 31.9 Å². The van der Waals surface area contributed by atoms with E-state index in [4.69, 9.17) is 4.74 Å². The molecule has 0 spiro atoms. The number of carbonyl (C=O) groups is 1. The van der Waals surface area contributed by atoms with Gasteiger partial charge in [0.05, 0.1) is 12.1 Å². The zero-order valence-corrected chi connectivity index (χ0v) is 11.0. The van der Waals surface area contributed by atoms with Crippen molar-refractivity contribution in [1.82, 2.24) is 15.0 Å². The Morgan fingerprint density at radius 2 is 2.26 bits per heavy atom. The summed E-state index contributed by atoms with van der Waals surface area (Å²) in [4.78, 5) is 24.3. The van der Waals surface area contributed by atoms with Gasteiger partial charge in [-0.2, -0.15) is 0 Å². The summed E-state index contributed by atoms with van der Waals surface area (Å²) in [7, 11) is 0. The molecule has 1 N–H and O–H groups in total. The van der Waals surface area contributed by atoms with Crippen LogP contribution in [0.5, 0.6) is 0 Å². The van der Waals surface area contributed by atoms with Crippen molar-refractivity contribution >= 4 is 17.1 Å². The molecule has 1 aliphatic carbocycles. The first kappa shape index (κ1) is 12.1. The van der Waals surface area contributed by atoms with Crippen LogP contribution in [-0.4, -0.2) is 27.5 Å². The number of imidazole rings is 1. The summed E-state index contributed by atoms with van der Waals surface area (Å²) in [6, 6.07) is 3.78. The van der Waals surface area contributed by atoms with Crippen molar-refractivity contribution in [2.75, 3.05) is 6.61 Å². The zero-order valence-electron chi connectivity index (χ0n) is 11.0. The van der Waals surface area contributed by atoms with Crippen molar-refractivity contribution in [3.05, 3.63) is 24.2 Å². The molecule has 5 nitrogen and oxygen atoms in total. The first-order valence-corrected chi connectivity index (χ1v) is 6.75. The maximum atomic E-state index is 12.3. The number of hydrogen-bond donors (Lipinski definition) is 1. The first-order chi connectivity index (χ1) is 9.26. The number of aromatic nitrogens is 3. The normalized spacial score (nSPS) is 17.7. The summed E-state index contributed by atoms with van der Waals surface area (Å²) in [5.41, 5.74) is 0.928. The lowest BCUT2D eigenvalue weighted by atomic mass is 9.85. The topological polar surface area (TPSA) is 67.9 Å². The highest BCUT2D eigenvalue weighted by molar-refractivity contribution is 5.84. The molecule has 100 valence electrons. The molecule has 0 unspecified atom stereocenters. The fraction of sp³-hybridized carbons (Fsp3) is 0.500. The van der Waals surface area contributed by atoms with Crippen molar-refractivity contribution in [3.63, 3.8) is 0 Å². The summed E-state index contributed by atoms with van der Waals surface area (Å²) in [6.07, 6.45) is 5.36. The summed E-state index contributed by atoms with van der Waals surface area (Å²) in [5.74, 6) is 0.545. The van der Waals surface area contributed by atoms with Crippen LogP contribution in [0.2, 0.25) is 0 Å². The fourth-order valence-corrected chi connectivity index (χ4v) is 2.86. The number of H-pyrrole nitrogens is 1. The van der Waals surface area contributed by atoms with Crippen LogP contribution < -0.4 is 0 Å². The van der Waals surface area contributed by atoms with Crippen LogP contribution >= 0.6 is 0 Å². The van der Waals surface area contributed by atoms with E-state index in [0.717, 1.165) is 31.2 Å². The highest BCUT2D eigenvalue weighted by Gasteiger charge is 2.46. The quantitative estimate of drug-likeness (QED) is 0.859. The van der Waals surface area contributed by atoms with E-state index in [1.54, 1.807) is 6.20 Å². The Kier molecular flexibility index (Phi) is 2.97. The molecule has 2 heterocycles. The van der Waals surface area contributed by atoms with Gasteiger partial charge in [0.25, 0.3) is 0 Å². The Morgan fingerprint density at radius 3 is 2.95 bits per heavy atom. The molecule has 19 heavy (non-hydrogen) atoms. The van der Waals surface area contributed by atoms with Crippen LogP contribution in [0.15, 0.2) is 18.3 Å². The average molecular weight is 259 g/mol. The largest absolute Gasteiger partial charge is 0.465 e. The molecule has 1 fully saturated rings. The number of nitrogens with one attached hydrogen (secondary N) is 1. The number of hydrogen-bond acceptors (Lipinski definition) is 4. The molecule has 0 aliphatic heterocycles. The number of ether oxygens (including phenoxy) is 1. The van der Waals surface area contributed by atoms with Crippen LogP contribution in [0.4, 0.5) is 0 Å². The lowest BCUT2D eigenvalue weighted by molar-refractivity contribution is -0.150. The highest BCUT2D eigenvalue weighted by Crippen LogP contribution is 2.41. The van der Waals surface area contributed by atoms with Crippen molar-refractivity contribution in [2.45, 2.75) is 38.0 Å². The Hall–Kier alpha value is -1.91. The fourth-order valence-electron chi connectivity index (χ4n) is 2.86. The van der Waals surface area contributed by atoms with Crippen LogP contribution in [0.25, 0.3) is 11.2 Å². The maximum absolute atomic E-state index is 12.3. The van der Waals surface area contributed by atoms with Crippen molar-refractivity contribution in [1.29, 1.82) is 0 Å². The van der Waals surface area contributed by atoms with E-state index in [9.17, 15) is 4.79 Å². The van der Waals surface area contributed by atoms with Crippen molar-refractivity contribution in [2.24, 2.45) is 0 Å². The first-order valence-electron chi connectivity index (χ1n) is 6.75. The Balaban J connectivity index is 2.06. The Bertz CT molecular complexity index is 567. The number of pyridine rings is 1. The average Bonchev–Trinajstić information content (AvgIpc) is 3.06. The third kappa shape index (κ3) is 1.89. The van der Waals surface area contributed by atoms with E-state index in [0.29, 0.717) is 18.1 Å². The molecule has 1 saturated carbocycles. The number of aromatic amines is 1.